The molecule has 0 saturated heterocycles. The molecule has 126 valence electrons. The van der Waals surface area contributed by atoms with Crippen LogP contribution in [0.15, 0.2) is 34.6 Å². The Labute approximate surface area is 143 Å². The second kappa shape index (κ2) is 8.37. The van der Waals surface area contributed by atoms with E-state index < -0.39 is 5.97 Å². The highest BCUT2D eigenvalue weighted by Crippen LogP contribution is 2.27. The Morgan fingerprint density at radius 3 is 2.62 bits per heavy atom. The van der Waals surface area contributed by atoms with Crippen molar-refractivity contribution in [3.8, 4) is 0 Å². The number of hydrogen-bond donors (Lipinski definition) is 2. The minimum Gasteiger partial charge on any atom is -0.478 e. The van der Waals surface area contributed by atoms with Crippen molar-refractivity contribution in [2.45, 2.75) is 20.1 Å². The van der Waals surface area contributed by atoms with Crippen molar-refractivity contribution < 1.29 is 19.4 Å². The van der Waals surface area contributed by atoms with Gasteiger partial charge in [-0.3, -0.25) is 9.79 Å². The summed E-state index contributed by atoms with van der Waals surface area (Å²) in [6, 6.07) is 6.51. The number of rotatable bonds is 7. The second-order valence-corrected chi connectivity index (χ2v) is 5.93. The number of aldehydes is 1. The molecule has 7 heteroatoms. The van der Waals surface area contributed by atoms with Crippen molar-refractivity contribution in [2.24, 2.45) is 4.99 Å². The molecular weight excluding hydrogens is 328 g/mol. The summed E-state index contributed by atoms with van der Waals surface area (Å²) in [5.74, 6) is -0.228. The molecule has 0 fully saturated rings. The number of aromatic carboxylic acids is 1. The van der Waals surface area contributed by atoms with Crippen LogP contribution in [0.4, 0.5) is 5.00 Å². The first-order valence-electron chi connectivity index (χ1n) is 7.21. The van der Waals surface area contributed by atoms with E-state index in [9.17, 15) is 9.59 Å². The average Bonchev–Trinajstić information content (AvgIpc) is 2.96. The van der Waals surface area contributed by atoms with Crippen molar-refractivity contribution in [1.29, 1.82) is 0 Å². The lowest BCUT2D eigenvalue weighted by Gasteiger charge is -2.06. The third-order valence-corrected chi connectivity index (χ3v) is 4.34. The molecule has 2 rings (SSSR count). The van der Waals surface area contributed by atoms with Gasteiger partial charge in [0.1, 0.15) is 5.00 Å². The highest BCUT2D eigenvalue weighted by atomic mass is 32.1. The lowest BCUT2D eigenvalue weighted by molar-refractivity contribution is 0.0696. The van der Waals surface area contributed by atoms with Gasteiger partial charge in [0.25, 0.3) is 0 Å². The average molecular weight is 346 g/mol. The molecule has 24 heavy (non-hydrogen) atoms. The number of carboxylic acids is 1. The Morgan fingerprint density at radius 2 is 2.04 bits per heavy atom. The van der Waals surface area contributed by atoms with E-state index >= 15 is 0 Å². The molecule has 1 heterocycles. The highest BCUT2D eigenvalue weighted by molar-refractivity contribution is 7.15. The third-order valence-electron chi connectivity index (χ3n) is 3.38. The number of benzene rings is 1. The summed E-state index contributed by atoms with van der Waals surface area (Å²) in [5, 5.41) is 14.6. The van der Waals surface area contributed by atoms with Gasteiger partial charge in [0.05, 0.1) is 30.2 Å². The molecule has 2 N–H and O–H groups in total. The number of anilines is 1. The summed E-state index contributed by atoms with van der Waals surface area (Å²) in [7, 11) is 1.68. The van der Waals surface area contributed by atoms with Gasteiger partial charge in [-0.1, -0.05) is 12.1 Å². The molecule has 0 aliphatic heterocycles. The Kier molecular flexibility index (Phi) is 6.22. The molecule has 0 amide bonds. The molecule has 2 aromatic rings. The van der Waals surface area contributed by atoms with Crippen LogP contribution in [0.5, 0.6) is 0 Å². The molecule has 0 radical (unpaired) electrons. The van der Waals surface area contributed by atoms with Crippen molar-refractivity contribution in [1.82, 2.24) is 0 Å². The molecule has 0 aliphatic rings. The molecule has 1 aromatic heterocycles. The lowest BCUT2D eigenvalue weighted by Crippen LogP contribution is -2.07. The van der Waals surface area contributed by atoms with Gasteiger partial charge in [-0.15, -0.1) is 11.3 Å². The molecule has 0 atom stereocenters. The Balaban J connectivity index is 1.97. The first kappa shape index (κ1) is 17.8. The predicted molar refractivity (Wildman–Crippen MR) is 94.3 cm³/mol. The van der Waals surface area contributed by atoms with Crippen LogP contribution in [0.25, 0.3) is 0 Å². The minimum atomic E-state index is -0.956. The number of thiophene rings is 1. The number of aliphatic imine (C=N–C) groups is 1. The van der Waals surface area contributed by atoms with Gasteiger partial charge in [-0.25, -0.2) is 4.79 Å². The van der Waals surface area contributed by atoms with E-state index in [0.29, 0.717) is 18.8 Å². The summed E-state index contributed by atoms with van der Waals surface area (Å²) >= 11 is 1.43. The van der Waals surface area contributed by atoms with E-state index in [-0.39, 0.29) is 5.56 Å². The number of carbonyl (C=O) groups is 2. The van der Waals surface area contributed by atoms with Crippen LogP contribution in [0.1, 0.15) is 38.8 Å². The number of amidine groups is 1. The number of carboxylic acid groups (broad SMARTS) is 1. The van der Waals surface area contributed by atoms with Crippen LogP contribution < -0.4 is 5.32 Å². The zero-order valence-electron chi connectivity index (χ0n) is 13.4. The summed E-state index contributed by atoms with van der Waals surface area (Å²) in [4.78, 5) is 26.1. The maximum absolute atomic E-state index is 11.3. The largest absolute Gasteiger partial charge is 0.478 e. The van der Waals surface area contributed by atoms with Crippen molar-refractivity contribution in [3.63, 3.8) is 0 Å². The van der Waals surface area contributed by atoms with Crippen LogP contribution in [-0.4, -0.2) is 30.2 Å². The first-order chi connectivity index (χ1) is 11.5. The van der Waals surface area contributed by atoms with Crippen molar-refractivity contribution in [2.75, 3.05) is 12.4 Å². The van der Waals surface area contributed by atoms with E-state index in [4.69, 9.17) is 9.84 Å². The van der Waals surface area contributed by atoms with E-state index in [2.05, 4.69) is 10.3 Å². The van der Waals surface area contributed by atoms with Crippen LogP contribution >= 0.6 is 11.3 Å². The fourth-order valence-electron chi connectivity index (χ4n) is 1.98. The Hall–Kier alpha value is -2.51. The number of nitrogens with zero attached hydrogens (tertiary/aromatic N) is 1. The minimum absolute atomic E-state index is 0.239. The summed E-state index contributed by atoms with van der Waals surface area (Å²) in [6.45, 7) is 2.47. The number of ether oxygens (including phenoxy) is 1. The maximum Gasteiger partial charge on any atom is 0.335 e. The standard InChI is InChI=1S/C17H18N2O4S/c1-11(18-2)19-16-15(7-20)14(10-24-16)9-23-8-12-3-5-13(6-4-12)17(21)22/h3-7,10H,8-9H2,1-2H3,(H,18,19)(H,21,22). The summed E-state index contributed by atoms with van der Waals surface area (Å²) < 4.78 is 5.64. The van der Waals surface area contributed by atoms with E-state index in [1.54, 1.807) is 19.2 Å². The van der Waals surface area contributed by atoms with Crippen LogP contribution in [-0.2, 0) is 18.0 Å². The fraction of sp³-hybridized carbons (Fsp3) is 0.235. The van der Waals surface area contributed by atoms with Gasteiger partial charge in [0, 0.05) is 12.6 Å². The summed E-state index contributed by atoms with van der Waals surface area (Å²) in [6.07, 6.45) is 0.808. The molecule has 0 spiro atoms. The molecule has 1 aromatic carbocycles. The molecule has 0 unspecified atom stereocenters. The number of hydrogen-bond acceptors (Lipinski definition) is 5. The predicted octanol–water partition coefficient (Wildman–Crippen LogP) is 3.44. The Morgan fingerprint density at radius 1 is 1.33 bits per heavy atom. The smallest absolute Gasteiger partial charge is 0.335 e. The van der Waals surface area contributed by atoms with Crippen molar-refractivity contribution in [3.05, 3.63) is 51.9 Å². The van der Waals surface area contributed by atoms with E-state index in [1.807, 2.05) is 12.3 Å². The maximum atomic E-state index is 11.3. The quantitative estimate of drug-likeness (QED) is 0.455. The monoisotopic (exact) mass is 346 g/mol. The van der Waals surface area contributed by atoms with Gasteiger partial charge in [0.2, 0.25) is 0 Å². The second-order valence-electron chi connectivity index (χ2n) is 5.05. The van der Waals surface area contributed by atoms with Gasteiger partial charge in [-0.05, 0) is 30.0 Å². The SMILES string of the molecule is CN=C(C)Nc1scc(COCc2ccc(C(=O)O)cc2)c1C=O. The molecule has 6 nitrogen and oxygen atoms in total. The molecule has 0 saturated carbocycles. The third kappa shape index (κ3) is 4.50. The van der Waals surface area contributed by atoms with E-state index in [1.165, 1.54) is 23.5 Å². The van der Waals surface area contributed by atoms with Gasteiger partial charge in [-0.2, -0.15) is 0 Å². The van der Waals surface area contributed by atoms with Crippen molar-refractivity contribution >= 4 is 34.4 Å². The highest BCUT2D eigenvalue weighted by Gasteiger charge is 2.12. The summed E-state index contributed by atoms with van der Waals surface area (Å²) in [5.41, 5.74) is 2.49. The normalized spacial score (nSPS) is 11.3. The number of nitrogens with one attached hydrogen (secondary N) is 1. The zero-order chi connectivity index (χ0) is 17.5. The van der Waals surface area contributed by atoms with Gasteiger partial charge < -0.3 is 15.2 Å². The van der Waals surface area contributed by atoms with Crippen LogP contribution in [0, 0.1) is 0 Å². The number of carbonyl (C=O) groups excluding carboxylic acids is 1. The van der Waals surface area contributed by atoms with Gasteiger partial charge >= 0.3 is 5.97 Å². The molecule has 0 bridgehead atoms. The topological polar surface area (TPSA) is 88.0 Å². The molecule has 0 aliphatic carbocycles. The van der Waals surface area contributed by atoms with Gasteiger partial charge in [0.15, 0.2) is 6.29 Å². The Bertz CT molecular complexity index is 750. The van der Waals surface area contributed by atoms with Crippen LogP contribution in [0.2, 0.25) is 0 Å². The first-order valence-corrected chi connectivity index (χ1v) is 8.09. The van der Waals surface area contributed by atoms with Crippen LogP contribution in [0.3, 0.4) is 0 Å². The lowest BCUT2D eigenvalue weighted by atomic mass is 10.1. The van der Waals surface area contributed by atoms with E-state index in [0.717, 1.165) is 28.2 Å². The molecular formula is C17H18N2O4S. The fourth-order valence-corrected chi connectivity index (χ4v) is 2.95. The zero-order valence-corrected chi connectivity index (χ0v) is 14.2.